The molecule has 3 N–H and O–H groups in total. The third kappa shape index (κ3) is 7.88. The molecule has 5 rings (SSSR count). The predicted molar refractivity (Wildman–Crippen MR) is 181 cm³/mol. The molecule has 0 saturated carbocycles. The van der Waals surface area contributed by atoms with Gasteiger partial charge in [-0.25, -0.2) is 0 Å². The van der Waals surface area contributed by atoms with Crippen molar-refractivity contribution in [2.75, 3.05) is 10.6 Å². The number of hydrogen-bond acceptors (Lipinski definition) is 4. The zero-order valence-electron chi connectivity index (χ0n) is 23.5. The second kappa shape index (κ2) is 14.3. The van der Waals surface area contributed by atoms with Gasteiger partial charge in [0.05, 0.1) is 16.0 Å². The van der Waals surface area contributed by atoms with E-state index in [-0.39, 0.29) is 11.6 Å². The van der Waals surface area contributed by atoms with E-state index in [1.165, 1.54) is 11.8 Å². The molecule has 0 aliphatic heterocycles. The standard InChI is InChI=1S/C35H27Cl2N3O3S/c1-22(33(41)39-31-19-14-26(36)21-30(31)37)44-28-17-15-27(16-18-28)38-35(43)32(40-34(42)24-9-3-2-4-10-24)20-25-12-7-11-23-8-5-6-13-29(23)25/h2-22H,1H3,(H,38,43)(H,39,41)(H,40,42)/b32-20-. The quantitative estimate of drug-likeness (QED) is 0.111. The van der Waals surface area contributed by atoms with Gasteiger partial charge < -0.3 is 16.0 Å². The van der Waals surface area contributed by atoms with Gasteiger partial charge in [-0.1, -0.05) is 83.9 Å². The monoisotopic (exact) mass is 639 g/mol. The number of thioether (sulfide) groups is 1. The molecule has 0 radical (unpaired) electrons. The Balaban J connectivity index is 1.30. The fourth-order valence-corrected chi connectivity index (χ4v) is 5.70. The number of rotatable bonds is 9. The largest absolute Gasteiger partial charge is 0.324 e. The highest BCUT2D eigenvalue weighted by Crippen LogP contribution is 2.29. The van der Waals surface area contributed by atoms with Crippen molar-refractivity contribution in [1.82, 2.24) is 5.32 Å². The van der Waals surface area contributed by atoms with Gasteiger partial charge >= 0.3 is 0 Å². The highest BCUT2D eigenvalue weighted by atomic mass is 35.5. The van der Waals surface area contributed by atoms with E-state index in [0.29, 0.717) is 27.0 Å². The number of nitrogens with one attached hydrogen (secondary N) is 3. The van der Waals surface area contributed by atoms with Crippen LogP contribution in [0.5, 0.6) is 0 Å². The van der Waals surface area contributed by atoms with Crippen LogP contribution in [-0.2, 0) is 9.59 Å². The van der Waals surface area contributed by atoms with Crippen molar-refractivity contribution in [3.05, 3.63) is 142 Å². The van der Waals surface area contributed by atoms with Crippen molar-refractivity contribution < 1.29 is 14.4 Å². The number of hydrogen-bond donors (Lipinski definition) is 3. The van der Waals surface area contributed by atoms with Crippen molar-refractivity contribution in [1.29, 1.82) is 0 Å². The molecule has 6 nitrogen and oxygen atoms in total. The summed E-state index contributed by atoms with van der Waals surface area (Å²) >= 11 is 13.5. The Labute approximate surface area is 269 Å². The van der Waals surface area contributed by atoms with E-state index < -0.39 is 17.1 Å². The number of carbonyl (C=O) groups is 3. The lowest BCUT2D eigenvalue weighted by molar-refractivity contribution is -0.115. The first-order valence-corrected chi connectivity index (χ1v) is 15.3. The Morgan fingerprint density at radius 1 is 0.773 bits per heavy atom. The average molecular weight is 641 g/mol. The van der Waals surface area contributed by atoms with Gasteiger partial charge in [-0.2, -0.15) is 0 Å². The predicted octanol–water partition coefficient (Wildman–Crippen LogP) is 8.68. The lowest BCUT2D eigenvalue weighted by Crippen LogP contribution is -2.30. The molecule has 0 aliphatic rings. The number of carbonyl (C=O) groups excluding carboxylic acids is 3. The first-order valence-electron chi connectivity index (χ1n) is 13.7. The van der Waals surface area contributed by atoms with E-state index in [9.17, 15) is 14.4 Å². The summed E-state index contributed by atoms with van der Waals surface area (Å²) in [5.74, 6) is -1.09. The van der Waals surface area contributed by atoms with Crippen LogP contribution in [0.25, 0.3) is 16.8 Å². The summed E-state index contributed by atoms with van der Waals surface area (Å²) in [6.45, 7) is 1.79. The van der Waals surface area contributed by atoms with E-state index in [0.717, 1.165) is 21.2 Å². The molecule has 44 heavy (non-hydrogen) atoms. The minimum atomic E-state index is -0.477. The summed E-state index contributed by atoms with van der Waals surface area (Å²) in [6, 6.07) is 34.4. The summed E-state index contributed by atoms with van der Waals surface area (Å²) in [4.78, 5) is 40.1. The molecule has 3 amide bonds. The molecule has 0 saturated heterocycles. The third-order valence-corrected chi connectivity index (χ3v) is 8.30. The molecule has 1 atom stereocenters. The molecule has 5 aromatic carbocycles. The topological polar surface area (TPSA) is 87.3 Å². The molecule has 0 fully saturated rings. The van der Waals surface area contributed by atoms with E-state index in [4.69, 9.17) is 23.2 Å². The molecule has 0 heterocycles. The van der Waals surface area contributed by atoms with Crippen LogP contribution in [-0.4, -0.2) is 23.0 Å². The molecule has 220 valence electrons. The molecule has 0 aromatic heterocycles. The van der Waals surface area contributed by atoms with Crippen LogP contribution in [0.1, 0.15) is 22.8 Å². The second-order valence-electron chi connectivity index (χ2n) is 9.80. The summed E-state index contributed by atoms with van der Waals surface area (Å²) in [5.41, 5.74) is 2.34. The summed E-state index contributed by atoms with van der Waals surface area (Å²) in [5, 5.41) is 10.9. The Morgan fingerprint density at radius 3 is 2.23 bits per heavy atom. The zero-order chi connectivity index (χ0) is 31.1. The van der Waals surface area contributed by atoms with E-state index in [1.807, 2.05) is 60.7 Å². The molecule has 5 aromatic rings. The van der Waals surface area contributed by atoms with Crippen LogP contribution in [0.4, 0.5) is 11.4 Å². The van der Waals surface area contributed by atoms with Crippen LogP contribution in [0, 0.1) is 0 Å². The van der Waals surface area contributed by atoms with Crippen molar-refractivity contribution in [3.63, 3.8) is 0 Å². The van der Waals surface area contributed by atoms with Crippen LogP contribution in [0.3, 0.4) is 0 Å². The van der Waals surface area contributed by atoms with Crippen LogP contribution >= 0.6 is 35.0 Å². The lowest BCUT2D eigenvalue weighted by Gasteiger charge is -2.14. The smallest absolute Gasteiger partial charge is 0.272 e. The second-order valence-corrected chi connectivity index (χ2v) is 12.1. The van der Waals surface area contributed by atoms with Gasteiger partial charge in [0.2, 0.25) is 5.91 Å². The summed E-state index contributed by atoms with van der Waals surface area (Å²) in [7, 11) is 0. The minimum absolute atomic E-state index is 0.0970. The molecular formula is C35H27Cl2N3O3S. The number of amides is 3. The number of halogens is 2. The Kier molecular flexibility index (Phi) is 10.0. The average Bonchev–Trinajstić information content (AvgIpc) is 3.03. The molecule has 9 heteroatoms. The zero-order valence-corrected chi connectivity index (χ0v) is 25.8. The van der Waals surface area contributed by atoms with Crippen LogP contribution in [0.15, 0.2) is 126 Å². The van der Waals surface area contributed by atoms with Gasteiger partial charge in [0, 0.05) is 21.2 Å². The summed E-state index contributed by atoms with van der Waals surface area (Å²) < 4.78 is 0. The Hall–Kier alpha value is -4.56. The van der Waals surface area contributed by atoms with Crippen LogP contribution in [0.2, 0.25) is 10.0 Å². The van der Waals surface area contributed by atoms with E-state index >= 15 is 0 Å². The molecule has 0 spiro atoms. The van der Waals surface area contributed by atoms with Crippen molar-refractivity contribution in [3.8, 4) is 0 Å². The Bertz CT molecular complexity index is 1860. The van der Waals surface area contributed by atoms with E-state index in [2.05, 4.69) is 16.0 Å². The summed E-state index contributed by atoms with van der Waals surface area (Å²) in [6.07, 6.45) is 1.68. The SMILES string of the molecule is CC(Sc1ccc(NC(=O)/C(=C/c2cccc3ccccc23)NC(=O)c2ccccc2)cc1)C(=O)Nc1ccc(Cl)cc1Cl. The normalized spacial score (nSPS) is 11.9. The molecule has 1 unspecified atom stereocenters. The van der Waals surface area contributed by atoms with Crippen molar-refractivity contribution in [2.24, 2.45) is 0 Å². The molecular weight excluding hydrogens is 613 g/mol. The fraction of sp³-hybridized carbons (Fsp3) is 0.0571. The Morgan fingerprint density at radius 2 is 1.48 bits per heavy atom. The molecule has 0 bridgehead atoms. The highest BCUT2D eigenvalue weighted by Gasteiger charge is 2.18. The molecule has 0 aliphatic carbocycles. The van der Waals surface area contributed by atoms with Gasteiger partial charge in [0.15, 0.2) is 0 Å². The number of fused-ring (bicyclic) bond motifs is 1. The number of benzene rings is 5. The lowest BCUT2D eigenvalue weighted by atomic mass is 10.0. The first kappa shape index (κ1) is 30.9. The maximum atomic E-state index is 13.5. The van der Waals surface area contributed by atoms with E-state index in [1.54, 1.807) is 67.6 Å². The van der Waals surface area contributed by atoms with Gasteiger partial charge in [-0.05, 0) is 83.9 Å². The van der Waals surface area contributed by atoms with Crippen LogP contribution < -0.4 is 16.0 Å². The maximum Gasteiger partial charge on any atom is 0.272 e. The highest BCUT2D eigenvalue weighted by molar-refractivity contribution is 8.00. The fourth-order valence-electron chi connectivity index (χ4n) is 4.37. The van der Waals surface area contributed by atoms with Gasteiger partial charge in [0.25, 0.3) is 11.8 Å². The minimum Gasteiger partial charge on any atom is -0.324 e. The maximum absolute atomic E-state index is 13.5. The first-order chi connectivity index (χ1) is 21.3. The van der Waals surface area contributed by atoms with Crippen molar-refractivity contribution in [2.45, 2.75) is 17.1 Å². The third-order valence-electron chi connectivity index (χ3n) is 6.64. The van der Waals surface area contributed by atoms with Gasteiger partial charge in [-0.15, -0.1) is 11.8 Å². The number of anilines is 2. The van der Waals surface area contributed by atoms with Crippen molar-refractivity contribution >= 4 is 80.9 Å². The van der Waals surface area contributed by atoms with Gasteiger partial charge in [0.1, 0.15) is 5.70 Å². The van der Waals surface area contributed by atoms with Gasteiger partial charge in [-0.3, -0.25) is 14.4 Å².